The van der Waals surface area contributed by atoms with Crippen molar-refractivity contribution in [3.63, 3.8) is 0 Å². The zero-order valence-electron chi connectivity index (χ0n) is 20.0. The highest BCUT2D eigenvalue weighted by molar-refractivity contribution is 6.52. The number of aliphatic hydroxyl groups is 1. The SMILES string of the molecule is [B]C1([B])C[C@@]2(C)[C@H](CC[C@@H]3[C@@H]2CC[C@]2(C)[C@@H]([C@H](C)CCC(=O)O)CC[C@@H]32)C([B])([B])[C@@]1([B])O. The van der Waals surface area contributed by atoms with Gasteiger partial charge in [0.1, 0.15) is 7.85 Å². The first kappa shape index (κ1) is 24.9. The number of aliphatic carboxylic acids is 1. The van der Waals surface area contributed by atoms with E-state index in [1.165, 1.54) is 12.8 Å². The summed E-state index contributed by atoms with van der Waals surface area (Å²) in [5.41, 5.74) is -2.09. The third kappa shape index (κ3) is 3.27. The molecule has 4 fully saturated rings. The summed E-state index contributed by atoms with van der Waals surface area (Å²) >= 11 is 0. The van der Waals surface area contributed by atoms with Crippen LogP contribution < -0.4 is 0 Å². The molecule has 0 amide bonds. The molecular weight excluding hydrogens is 390 g/mol. The van der Waals surface area contributed by atoms with Gasteiger partial charge in [0.25, 0.3) is 0 Å². The lowest BCUT2D eigenvalue weighted by molar-refractivity contribution is -0.147. The van der Waals surface area contributed by atoms with Gasteiger partial charge in [-0.3, -0.25) is 4.79 Å². The lowest BCUT2D eigenvalue weighted by Gasteiger charge is -2.72. The standard InChI is InChI=1S/C24H35B5O3/c1-13(4-9-19(30)31)15-6-7-16-14-5-8-18-21(3,17(14)10-11-20(15,16)2)12-22(25,26)24(29,32)23(18,27)28/h13-18,32H,4-12H2,1-3H3,(H,30,31)/t13-,14+,15-,16+,17+,18+,20-,21-,24+/m1/s1. The molecule has 8 heteroatoms. The molecule has 0 heterocycles. The summed E-state index contributed by atoms with van der Waals surface area (Å²) < 4.78 is 0. The molecule has 9 atom stereocenters. The number of carboxylic acids is 1. The first-order chi connectivity index (χ1) is 14.6. The molecule has 164 valence electrons. The lowest BCUT2D eigenvalue weighted by Crippen LogP contribution is -2.68. The van der Waals surface area contributed by atoms with E-state index in [4.69, 9.17) is 44.3 Å². The number of hydrogen-bond acceptors (Lipinski definition) is 2. The van der Waals surface area contributed by atoms with E-state index >= 15 is 0 Å². The van der Waals surface area contributed by atoms with E-state index in [0.29, 0.717) is 36.0 Å². The van der Waals surface area contributed by atoms with Crippen LogP contribution in [0.5, 0.6) is 0 Å². The molecule has 0 bridgehead atoms. The van der Waals surface area contributed by atoms with E-state index in [-0.39, 0.29) is 23.2 Å². The first-order valence-electron chi connectivity index (χ1n) is 12.5. The molecule has 2 N–H and O–H groups in total. The van der Waals surface area contributed by atoms with Crippen molar-refractivity contribution in [3.05, 3.63) is 0 Å². The number of carboxylic acid groups (broad SMARTS) is 1. The minimum atomic E-state index is -2.04. The summed E-state index contributed by atoms with van der Waals surface area (Å²) in [6, 6.07) is 0. The van der Waals surface area contributed by atoms with Gasteiger partial charge in [0.2, 0.25) is 0 Å². The Morgan fingerprint density at radius 2 is 1.59 bits per heavy atom. The Hall–Kier alpha value is -0.245. The minimum Gasteiger partial charge on any atom is -0.481 e. The fourth-order valence-electron chi connectivity index (χ4n) is 9.46. The molecule has 0 spiro atoms. The summed E-state index contributed by atoms with van der Waals surface area (Å²) in [4.78, 5) is 11.1. The monoisotopic (exact) mass is 426 g/mol. The second-order valence-electron chi connectivity index (χ2n) is 12.6. The van der Waals surface area contributed by atoms with Crippen LogP contribution >= 0.6 is 0 Å². The zero-order valence-corrected chi connectivity index (χ0v) is 20.0. The quantitative estimate of drug-likeness (QED) is 0.681. The van der Waals surface area contributed by atoms with Gasteiger partial charge in [0.05, 0.1) is 31.4 Å². The second-order valence-corrected chi connectivity index (χ2v) is 12.6. The predicted octanol–water partition coefficient (Wildman–Crippen LogP) is 3.13. The van der Waals surface area contributed by atoms with Crippen molar-refractivity contribution in [1.29, 1.82) is 0 Å². The average Bonchev–Trinajstić information content (AvgIpc) is 3.01. The Morgan fingerprint density at radius 1 is 0.969 bits per heavy atom. The van der Waals surface area contributed by atoms with Crippen molar-refractivity contribution in [2.75, 3.05) is 0 Å². The first-order valence-corrected chi connectivity index (χ1v) is 12.5. The van der Waals surface area contributed by atoms with E-state index in [1.54, 1.807) is 0 Å². The molecule has 0 aliphatic heterocycles. The molecular formula is C24H35B5O3. The fourth-order valence-corrected chi connectivity index (χ4v) is 9.46. The summed E-state index contributed by atoms with van der Waals surface area (Å²) in [6.07, 6.45) is 7.76. The maximum Gasteiger partial charge on any atom is 0.303 e. The Bertz CT molecular complexity index is 771. The van der Waals surface area contributed by atoms with E-state index < -0.39 is 21.9 Å². The van der Waals surface area contributed by atoms with E-state index in [0.717, 1.165) is 32.1 Å². The normalized spacial score (nSPS) is 49.9. The zero-order chi connectivity index (χ0) is 23.9. The highest BCUT2D eigenvalue weighted by Gasteiger charge is 2.67. The van der Waals surface area contributed by atoms with Crippen molar-refractivity contribution in [3.8, 4) is 0 Å². The number of fused-ring (bicyclic) bond motifs is 5. The molecule has 4 aliphatic rings. The number of hydrogen-bond donors (Lipinski definition) is 2. The van der Waals surface area contributed by atoms with Crippen LogP contribution in [-0.2, 0) is 4.79 Å². The Morgan fingerprint density at radius 3 is 2.22 bits per heavy atom. The molecule has 0 aromatic carbocycles. The largest absolute Gasteiger partial charge is 0.481 e. The van der Waals surface area contributed by atoms with Gasteiger partial charge in [-0.1, -0.05) is 44.0 Å². The minimum absolute atomic E-state index is 0.150. The van der Waals surface area contributed by atoms with Crippen LogP contribution in [0.1, 0.15) is 78.6 Å². The van der Waals surface area contributed by atoms with Crippen molar-refractivity contribution < 1.29 is 15.0 Å². The van der Waals surface area contributed by atoms with Crippen molar-refractivity contribution >= 4 is 45.2 Å². The highest BCUT2D eigenvalue weighted by Crippen LogP contribution is 2.74. The maximum absolute atomic E-state index is 11.1. The van der Waals surface area contributed by atoms with Crippen LogP contribution in [0.2, 0.25) is 10.4 Å². The van der Waals surface area contributed by atoms with Crippen LogP contribution in [0.3, 0.4) is 0 Å². The predicted molar refractivity (Wildman–Crippen MR) is 131 cm³/mol. The molecule has 0 saturated heterocycles. The Labute approximate surface area is 201 Å². The summed E-state index contributed by atoms with van der Waals surface area (Å²) in [6.45, 7) is 6.91. The molecule has 10 radical (unpaired) electrons. The molecule has 0 unspecified atom stereocenters. The second kappa shape index (κ2) is 7.63. The van der Waals surface area contributed by atoms with Gasteiger partial charge < -0.3 is 10.2 Å². The third-order valence-electron chi connectivity index (χ3n) is 11.1. The topological polar surface area (TPSA) is 57.5 Å². The van der Waals surface area contributed by atoms with Crippen LogP contribution in [0.15, 0.2) is 0 Å². The molecule has 0 aromatic heterocycles. The summed E-state index contributed by atoms with van der Waals surface area (Å²) in [5.74, 6) is 1.65. The smallest absolute Gasteiger partial charge is 0.303 e. The highest BCUT2D eigenvalue weighted by atomic mass is 16.4. The third-order valence-corrected chi connectivity index (χ3v) is 11.1. The van der Waals surface area contributed by atoms with Crippen LogP contribution in [0.25, 0.3) is 0 Å². The van der Waals surface area contributed by atoms with Gasteiger partial charge in [-0.2, -0.15) is 0 Å². The molecule has 3 nitrogen and oxygen atoms in total. The van der Waals surface area contributed by atoms with Gasteiger partial charge in [-0.15, -0.1) is 0 Å². The van der Waals surface area contributed by atoms with Crippen LogP contribution in [0, 0.1) is 46.3 Å². The van der Waals surface area contributed by atoms with Crippen LogP contribution in [0.4, 0.5) is 0 Å². The van der Waals surface area contributed by atoms with Gasteiger partial charge in [-0.25, -0.2) is 0 Å². The van der Waals surface area contributed by atoms with Gasteiger partial charge in [-0.05, 0) is 84.9 Å². The molecule has 0 aromatic rings. The summed E-state index contributed by atoms with van der Waals surface area (Å²) in [5, 5.41) is 17.0. The molecule has 32 heavy (non-hydrogen) atoms. The number of carbonyl (C=O) groups is 1. The number of rotatable bonds is 4. The lowest BCUT2D eigenvalue weighted by atomic mass is 9.18. The van der Waals surface area contributed by atoms with E-state index in [1.807, 2.05) is 0 Å². The Kier molecular flexibility index (Phi) is 5.93. The van der Waals surface area contributed by atoms with Crippen LogP contribution in [-0.4, -0.2) is 60.9 Å². The fraction of sp³-hybridized carbons (Fsp3) is 0.958. The van der Waals surface area contributed by atoms with Gasteiger partial charge in [0, 0.05) is 11.9 Å². The van der Waals surface area contributed by atoms with Crippen molar-refractivity contribution in [2.24, 2.45) is 46.3 Å². The van der Waals surface area contributed by atoms with E-state index in [9.17, 15) is 9.90 Å². The molecule has 4 saturated carbocycles. The maximum atomic E-state index is 11.1. The molecule has 4 aliphatic carbocycles. The Balaban J connectivity index is 1.61. The van der Waals surface area contributed by atoms with Gasteiger partial charge >= 0.3 is 5.97 Å². The van der Waals surface area contributed by atoms with Crippen molar-refractivity contribution in [1.82, 2.24) is 0 Å². The van der Waals surface area contributed by atoms with Gasteiger partial charge in [0.15, 0.2) is 0 Å². The van der Waals surface area contributed by atoms with E-state index in [2.05, 4.69) is 20.8 Å². The van der Waals surface area contributed by atoms with Crippen molar-refractivity contribution in [2.45, 2.75) is 94.5 Å². The molecule has 4 rings (SSSR count). The summed E-state index contributed by atoms with van der Waals surface area (Å²) in [7, 11) is 32.1. The average molecular weight is 426 g/mol.